The van der Waals surface area contributed by atoms with Crippen LogP contribution in [0.1, 0.15) is 22.9 Å². The van der Waals surface area contributed by atoms with Crippen LogP contribution in [0.3, 0.4) is 0 Å². The summed E-state index contributed by atoms with van der Waals surface area (Å²) in [7, 11) is 3.86. The van der Waals surface area contributed by atoms with Gasteiger partial charge in [0.2, 0.25) is 0 Å². The topological polar surface area (TPSA) is 38.2 Å². The molecule has 0 aliphatic rings. The Labute approximate surface area is 175 Å². The zero-order valence-electron chi connectivity index (χ0n) is 17.0. The molecule has 5 heteroatoms. The molecule has 0 aliphatic carbocycles. The van der Waals surface area contributed by atoms with Gasteiger partial charge in [0.05, 0.1) is 34.4 Å². The maximum atomic E-state index is 5.51. The van der Waals surface area contributed by atoms with Crippen LogP contribution >= 0.6 is 11.3 Å². The number of hydrogen-bond acceptors (Lipinski definition) is 5. The summed E-state index contributed by atoms with van der Waals surface area (Å²) in [4.78, 5) is 13.1. The van der Waals surface area contributed by atoms with Crippen LogP contribution in [-0.4, -0.2) is 35.6 Å². The van der Waals surface area contributed by atoms with Crippen LogP contribution in [-0.2, 0) is 11.3 Å². The Bertz CT molecular complexity index is 1080. The molecule has 0 saturated carbocycles. The third-order valence-electron chi connectivity index (χ3n) is 5.19. The number of likely N-dealkylation sites (N-methyl/N-ethyl adjacent to an activating group) is 1. The zero-order valence-corrected chi connectivity index (χ0v) is 17.8. The lowest BCUT2D eigenvalue weighted by molar-refractivity contribution is 0.100. The molecule has 0 bridgehead atoms. The number of aryl methyl sites for hydroxylation is 1. The summed E-state index contributed by atoms with van der Waals surface area (Å²) in [5.41, 5.74) is 5.56. The summed E-state index contributed by atoms with van der Waals surface area (Å²) in [6.07, 6.45) is 1.84. The number of pyridine rings is 2. The van der Waals surface area contributed by atoms with E-state index in [1.807, 2.05) is 18.3 Å². The molecule has 0 N–H and O–H groups in total. The highest BCUT2D eigenvalue weighted by Crippen LogP contribution is 2.32. The number of thiophene rings is 1. The number of benzene rings is 1. The van der Waals surface area contributed by atoms with Gasteiger partial charge in [-0.1, -0.05) is 30.3 Å². The largest absolute Gasteiger partial charge is 0.383 e. The first-order chi connectivity index (χ1) is 14.2. The standard InChI is InChI=1S/C24H25N3OS/c1-17-8-6-9-18-14-19(24(26-23(17)18)22-11-7-13-29-22)15-27(2)21(16-28-3)20-10-4-5-12-25-20/h4-14,21H,15-16H2,1-3H3/t21-/m0/s1. The maximum Gasteiger partial charge on any atom is 0.0854 e. The van der Waals surface area contributed by atoms with E-state index >= 15 is 0 Å². The molecule has 0 saturated heterocycles. The second-order valence-electron chi connectivity index (χ2n) is 7.26. The third kappa shape index (κ3) is 4.22. The highest BCUT2D eigenvalue weighted by Gasteiger charge is 2.21. The summed E-state index contributed by atoms with van der Waals surface area (Å²) >= 11 is 1.73. The molecule has 29 heavy (non-hydrogen) atoms. The van der Waals surface area contributed by atoms with Gasteiger partial charge in [0.15, 0.2) is 0 Å². The second-order valence-corrected chi connectivity index (χ2v) is 8.21. The van der Waals surface area contributed by atoms with Crippen molar-refractivity contribution in [1.82, 2.24) is 14.9 Å². The van der Waals surface area contributed by atoms with Crippen molar-refractivity contribution in [3.05, 3.63) is 83.0 Å². The van der Waals surface area contributed by atoms with E-state index in [1.165, 1.54) is 21.4 Å². The van der Waals surface area contributed by atoms with E-state index in [0.717, 1.165) is 23.4 Å². The van der Waals surface area contributed by atoms with Gasteiger partial charge in [0, 0.05) is 25.2 Å². The molecule has 0 spiro atoms. The molecule has 0 radical (unpaired) electrons. The van der Waals surface area contributed by atoms with E-state index in [2.05, 4.69) is 71.7 Å². The predicted molar refractivity (Wildman–Crippen MR) is 120 cm³/mol. The van der Waals surface area contributed by atoms with Gasteiger partial charge in [-0.3, -0.25) is 9.88 Å². The number of aromatic nitrogens is 2. The first-order valence-corrected chi connectivity index (χ1v) is 10.6. The number of fused-ring (bicyclic) bond motifs is 1. The van der Waals surface area contributed by atoms with E-state index in [9.17, 15) is 0 Å². The number of ether oxygens (including phenoxy) is 1. The van der Waals surface area contributed by atoms with Crippen molar-refractivity contribution >= 4 is 22.2 Å². The molecule has 1 atom stereocenters. The molecule has 0 aliphatic heterocycles. The summed E-state index contributed by atoms with van der Waals surface area (Å²) < 4.78 is 5.51. The van der Waals surface area contributed by atoms with E-state index in [4.69, 9.17) is 9.72 Å². The smallest absolute Gasteiger partial charge is 0.0854 e. The molecular weight excluding hydrogens is 378 g/mol. The predicted octanol–water partition coefficient (Wildman–Crippen LogP) is 5.49. The summed E-state index contributed by atoms with van der Waals surface area (Å²) in [5.74, 6) is 0. The fraction of sp³-hybridized carbons (Fsp3) is 0.250. The fourth-order valence-electron chi connectivity index (χ4n) is 3.69. The zero-order chi connectivity index (χ0) is 20.2. The Kier molecular flexibility index (Phi) is 6.00. The SMILES string of the molecule is COC[C@@H](c1ccccn1)N(C)Cc1cc2cccc(C)c2nc1-c1cccs1. The second kappa shape index (κ2) is 8.82. The fourth-order valence-corrected chi connectivity index (χ4v) is 4.44. The van der Waals surface area contributed by atoms with Crippen molar-refractivity contribution in [1.29, 1.82) is 0 Å². The van der Waals surface area contributed by atoms with Crippen molar-refractivity contribution < 1.29 is 4.74 Å². The van der Waals surface area contributed by atoms with E-state index in [0.29, 0.717) is 6.61 Å². The quantitative estimate of drug-likeness (QED) is 0.409. The number of hydrogen-bond donors (Lipinski definition) is 0. The van der Waals surface area contributed by atoms with Crippen molar-refractivity contribution in [3.8, 4) is 10.6 Å². The van der Waals surface area contributed by atoms with Crippen LogP contribution in [0.4, 0.5) is 0 Å². The molecule has 148 valence electrons. The molecular formula is C24H25N3OS. The average molecular weight is 404 g/mol. The highest BCUT2D eigenvalue weighted by atomic mass is 32.1. The average Bonchev–Trinajstić information content (AvgIpc) is 3.27. The Morgan fingerprint density at radius 2 is 2.00 bits per heavy atom. The van der Waals surface area contributed by atoms with Gasteiger partial charge in [-0.25, -0.2) is 4.98 Å². The van der Waals surface area contributed by atoms with Crippen molar-refractivity contribution in [3.63, 3.8) is 0 Å². The molecule has 4 nitrogen and oxygen atoms in total. The van der Waals surface area contributed by atoms with Gasteiger partial charge in [-0.05, 0) is 54.7 Å². The van der Waals surface area contributed by atoms with Gasteiger partial charge < -0.3 is 4.74 Å². The van der Waals surface area contributed by atoms with Gasteiger partial charge in [0.25, 0.3) is 0 Å². The minimum atomic E-state index is 0.0746. The Morgan fingerprint density at radius 3 is 2.72 bits per heavy atom. The monoisotopic (exact) mass is 403 g/mol. The first-order valence-electron chi connectivity index (χ1n) is 9.70. The lowest BCUT2D eigenvalue weighted by atomic mass is 10.0. The van der Waals surface area contributed by atoms with Gasteiger partial charge in [-0.15, -0.1) is 11.3 Å². The molecule has 1 aromatic carbocycles. The normalized spacial score (nSPS) is 12.6. The summed E-state index contributed by atoms with van der Waals surface area (Å²) in [6, 6.07) is 19.0. The molecule has 0 unspecified atom stereocenters. The van der Waals surface area contributed by atoms with E-state index in [1.54, 1.807) is 18.4 Å². The highest BCUT2D eigenvalue weighted by molar-refractivity contribution is 7.13. The minimum absolute atomic E-state index is 0.0746. The molecule has 3 heterocycles. The van der Waals surface area contributed by atoms with Crippen LogP contribution in [0, 0.1) is 6.92 Å². The number of nitrogens with zero attached hydrogens (tertiary/aromatic N) is 3. The summed E-state index contributed by atoms with van der Waals surface area (Å²) in [5, 5.41) is 3.28. The van der Waals surface area contributed by atoms with Crippen LogP contribution in [0.2, 0.25) is 0 Å². The Hall–Kier alpha value is -2.60. The Balaban J connectivity index is 1.75. The van der Waals surface area contributed by atoms with E-state index < -0.39 is 0 Å². The van der Waals surface area contributed by atoms with Crippen molar-refractivity contribution in [2.75, 3.05) is 20.8 Å². The molecule has 4 aromatic rings. The molecule has 0 fully saturated rings. The number of rotatable bonds is 7. The van der Waals surface area contributed by atoms with Crippen LogP contribution in [0.5, 0.6) is 0 Å². The lowest BCUT2D eigenvalue weighted by Crippen LogP contribution is -2.28. The first kappa shape index (κ1) is 19.7. The van der Waals surface area contributed by atoms with Crippen molar-refractivity contribution in [2.24, 2.45) is 0 Å². The van der Waals surface area contributed by atoms with Crippen molar-refractivity contribution in [2.45, 2.75) is 19.5 Å². The minimum Gasteiger partial charge on any atom is -0.383 e. The third-order valence-corrected chi connectivity index (χ3v) is 6.06. The van der Waals surface area contributed by atoms with Crippen LogP contribution < -0.4 is 0 Å². The number of para-hydroxylation sites is 1. The number of methoxy groups -OCH3 is 1. The van der Waals surface area contributed by atoms with Gasteiger partial charge >= 0.3 is 0 Å². The lowest BCUT2D eigenvalue weighted by Gasteiger charge is -2.28. The Morgan fingerprint density at radius 1 is 1.10 bits per heavy atom. The maximum absolute atomic E-state index is 5.51. The van der Waals surface area contributed by atoms with Gasteiger partial charge in [-0.2, -0.15) is 0 Å². The van der Waals surface area contributed by atoms with Crippen LogP contribution in [0.25, 0.3) is 21.5 Å². The molecule has 4 rings (SSSR count). The van der Waals surface area contributed by atoms with Crippen LogP contribution in [0.15, 0.2) is 66.2 Å². The summed E-state index contributed by atoms with van der Waals surface area (Å²) in [6.45, 7) is 3.46. The van der Waals surface area contributed by atoms with Gasteiger partial charge in [0.1, 0.15) is 0 Å². The molecule has 3 aromatic heterocycles. The molecule has 0 amide bonds. The van der Waals surface area contributed by atoms with E-state index in [-0.39, 0.29) is 6.04 Å².